The molecule has 2 N–H and O–H groups in total. The lowest BCUT2D eigenvalue weighted by Crippen LogP contribution is -2.49. The monoisotopic (exact) mass is 248 g/mol. The number of hydrogen-bond donors (Lipinski definition) is 2. The van der Waals surface area contributed by atoms with Crippen molar-refractivity contribution in [2.24, 2.45) is 0 Å². The van der Waals surface area contributed by atoms with E-state index in [-0.39, 0.29) is 5.91 Å². The van der Waals surface area contributed by atoms with Crippen molar-refractivity contribution in [3.63, 3.8) is 0 Å². The molecule has 0 aromatic carbocycles. The Kier molecular flexibility index (Phi) is 3.34. The van der Waals surface area contributed by atoms with Gasteiger partial charge in [-0.3, -0.25) is 9.69 Å². The first-order chi connectivity index (χ1) is 8.84. The third-order valence-corrected chi connectivity index (χ3v) is 3.95. The lowest BCUT2D eigenvalue weighted by Gasteiger charge is -2.32. The maximum Gasteiger partial charge on any atom is 0.270 e. The number of aromatic amines is 1. The summed E-state index contributed by atoms with van der Waals surface area (Å²) in [5.74, 6) is 0.137. The molecule has 98 valence electrons. The van der Waals surface area contributed by atoms with Gasteiger partial charge in [-0.15, -0.1) is 0 Å². The molecule has 1 amide bonds. The molecule has 1 unspecified atom stereocenters. The highest BCUT2D eigenvalue weighted by Crippen LogP contribution is 2.18. The number of rotatable bonds is 2. The molecule has 1 aromatic rings. The highest BCUT2D eigenvalue weighted by molar-refractivity contribution is 5.92. The Bertz CT molecular complexity index is 397. The van der Waals surface area contributed by atoms with E-state index in [4.69, 9.17) is 0 Å². The van der Waals surface area contributed by atoms with Crippen LogP contribution in [0.1, 0.15) is 16.9 Å². The van der Waals surface area contributed by atoms with Gasteiger partial charge in [-0.25, -0.2) is 0 Å². The van der Waals surface area contributed by atoms with Gasteiger partial charge in [0, 0.05) is 51.5 Å². The third kappa shape index (κ3) is 2.28. The summed E-state index contributed by atoms with van der Waals surface area (Å²) in [6, 6.07) is 4.27. The smallest absolute Gasteiger partial charge is 0.270 e. The minimum atomic E-state index is 0.137. The van der Waals surface area contributed by atoms with Crippen LogP contribution in [0.25, 0.3) is 0 Å². The van der Waals surface area contributed by atoms with Crippen LogP contribution >= 0.6 is 0 Å². The second kappa shape index (κ2) is 5.12. The van der Waals surface area contributed by atoms with Gasteiger partial charge in [-0.05, 0) is 18.6 Å². The largest absolute Gasteiger partial charge is 0.357 e. The lowest BCUT2D eigenvalue weighted by atomic mass is 10.2. The third-order valence-electron chi connectivity index (χ3n) is 3.95. The number of carbonyl (C=O) groups is 1. The predicted molar refractivity (Wildman–Crippen MR) is 69.5 cm³/mol. The SMILES string of the molecule is O=C(c1ccc[nH]1)N1CCC(N2CCNCC2)C1. The van der Waals surface area contributed by atoms with Crippen LogP contribution in [0.2, 0.25) is 0 Å². The molecule has 0 saturated carbocycles. The maximum absolute atomic E-state index is 12.2. The van der Waals surface area contributed by atoms with Gasteiger partial charge in [0.25, 0.3) is 5.91 Å². The van der Waals surface area contributed by atoms with E-state index in [0.717, 1.165) is 45.7 Å². The average molecular weight is 248 g/mol. The first-order valence-electron chi connectivity index (χ1n) is 6.72. The molecule has 3 heterocycles. The first-order valence-corrected chi connectivity index (χ1v) is 6.72. The molecule has 2 saturated heterocycles. The zero-order valence-electron chi connectivity index (χ0n) is 10.6. The Balaban J connectivity index is 1.59. The molecule has 0 radical (unpaired) electrons. The molecule has 3 rings (SSSR count). The molecule has 0 spiro atoms. The lowest BCUT2D eigenvalue weighted by molar-refractivity contribution is 0.0768. The number of nitrogens with zero attached hydrogens (tertiary/aromatic N) is 2. The topological polar surface area (TPSA) is 51.4 Å². The van der Waals surface area contributed by atoms with Crippen LogP contribution in [0.4, 0.5) is 0 Å². The highest BCUT2D eigenvalue weighted by Gasteiger charge is 2.31. The maximum atomic E-state index is 12.2. The van der Waals surface area contributed by atoms with Crippen molar-refractivity contribution < 1.29 is 4.79 Å². The number of amides is 1. The summed E-state index contributed by atoms with van der Waals surface area (Å²) < 4.78 is 0. The molecule has 5 nitrogen and oxygen atoms in total. The van der Waals surface area contributed by atoms with Crippen molar-refractivity contribution in [2.75, 3.05) is 39.3 Å². The van der Waals surface area contributed by atoms with E-state index in [1.54, 1.807) is 6.20 Å². The Labute approximate surface area is 107 Å². The number of aromatic nitrogens is 1. The summed E-state index contributed by atoms with van der Waals surface area (Å²) in [4.78, 5) is 19.7. The molecule has 2 aliphatic heterocycles. The Morgan fingerprint density at radius 3 is 2.83 bits per heavy atom. The van der Waals surface area contributed by atoms with Crippen molar-refractivity contribution in [3.8, 4) is 0 Å². The van der Waals surface area contributed by atoms with Crippen molar-refractivity contribution in [1.82, 2.24) is 20.1 Å². The van der Waals surface area contributed by atoms with Gasteiger partial charge in [0.05, 0.1) is 0 Å². The molecular weight excluding hydrogens is 228 g/mol. The summed E-state index contributed by atoms with van der Waals surface area (Å²) in [5, 5.41) is 3.37. The number of piperazine rings is 1. The highest BCUT2D eigenvalue weighted by atomic mass is 16.2. The number of carbonyl (C=O) groups excluding carboxylic acids is 1. The molecular formula is C13H20N4O. The van der Waals surface area contributed by atoms with Crippen LogP contribution in [-0.4, -0.2) is 66.0 Å². The second-order valence-corrected chi connectivity index (χ2v) is 5.06. The predicted octanol–water partition coefficient (Wildman–Crippen LogP) is 0.134. The van der Waals surface area contributed by atoms with Crippen molar-refractivity contribution in [2.45, 2.75) is 12.5 Å². The van der Waals surface area contributed by atoms with Gasteiger partial charge < -0.3 is 15.2 Å². The zero-order chi connectivity index (χ0) is 12.4. The van der Waals surface area contributed by atoms with E-state index in [9.17, 15) is 4.79 Å². The van der Waals surface area contributed by atoms with Gasteiger partial charge in [0.1, 0.15) is 5.69 Å². The van der Waals surface area contributed by atoms with Gasteiger partial charge in [-0.1, -0.05) is 0 Å². The molecule has 1 atom stereocenters. The number of hydrogen-bond acceptors (Lipinski definition) is 3. The summed E-state index contributed by atoms with van der Waals surface area (Å²) >= 11 is 0. The summed E-state index contributed by atoms with van der Waals surface area (Å²) in [5.41, 5.74) is 0.705. The van der Waals surface area contributed by atoms with E-state index >= 15 is 0 Å². The van der Waals surface area contributed by atoms with E-state index in [1.807, 2.05) is 17.0 Å². The van der Waals surface area contributed by atoms with Gasteiger partial charge in [0.15, 0.2) is 0 Å². The fourth-order valence-electron chi connectivity index (χ4n) is 2.91. The average Bonchev–Trinajstić information content (AvgIpc) is 3.10. The van der Waals surface area contributed by atoms with Gasteiger partial charge in [-0.2, -0.15) is 0 Å². The quantitative estimate of drug-likeness (QED) is 0.782. The molecule has 18 heavy (non-hydrogen) atoms. The van der Waals surface area contributed by atoms with Crippen LogP contribution in [-0.2, 0) is 0 Å². The van der Waals surface area contributed by atoms with Crippen LogP contribution in [0.5, 0.6) is 0 Å². The molecule has 2 fully saturated rings. The van der Waals surface area contributed by atoms with Crippen molar-refractivity contribution in [3.05, 3.63) is 24.0 Å². The Hall–Kier alpha value is -1.33. The minimum absolute atomic E-state index is 0.137. The fraction of sp³-hybridized carbons (Fsp3) is 0.615. The summed E-state index contributed by atoms with van der Waals surface area (Å²) in [6.07, 6.45) is 2.91. The fourth-order valence-corrected chi connectivity index (χ4v) is 2.91. The second-order valence-electron chi connectivity index (χ2n) is 5.06. The van der Waals surface area contributed by atoms with Crippen LogP contribution in [0, 0.1) is 0 Å². The molecule has 1 aromatic heterocycles. The minimum Gasteiger partial charge on any atom is -0.357 e. The first kappa shape index (κ1) is 11.7. The van der Waals surface area contributed by atoms with Gasteiger partial charge in [0.2, 0.25) is 0 Å². The summed E-state index contributed by atoms with van der Waals surface area (Å²) in [6.45, 7) is 6.11. The molecule has 5 heteroatoms. The van der Waals surface area contributed by atoms with E-state index in [1.165, 1.54) is 0 Å². The van der Waals surface area contributed by atoms with Crippen molar-refractivity contribution in [1.29, 1.82) is 0 Å². The molecule has 2 aliphatic rings. The van der Waals surface area contributed by atoms with E-state index < -0.39 is 0 Å². The molecule has 0 bridgehead atoms. The zero-order valence-corrected chi connectivity index (χ0v) is 10.6. The molecule has 0 aliphatic carbocycles. The van der Waals surface area contributed by atoms with Gasteiger partial charge >= 0.3 is 0 Å². The standard InChI is InChI=1S/C13H20N4O/c18-13(12-2-1-4-15-12)17-7-3-11(10-17)16-8-5-14-6-9-16/h1-2,4,11,14-15H,3,5-10H2. The number of H-pyrrole nitrogens is 1. The van der Waals surface area contributed by atoms with E-state index in [2.05, 4.69) is 15.2 Å². The Morgan fingerprint density at radius 2 is 2.11 bits per heavy atom. The normalized spacial score (nSPS) is 25.6. The van der Waals surface area contributed by atoms with Crippen molar-refractivity contribution >= 4 is 5.91 Å². The Morgan fingerprint density at radius 1 is 1.28 bits per heavy atom. The van der Waals surface area contributed by atoms with Crippen LogP contribution < -0.4 is 5.32 Å². The number of likely N-dealkylation sites (tertiary alicyclic amines) is 1. The van der Waals surface area contributed by atoms with Crippen LogP contribution in [0.15, 0.2) is 18.3 Å². The van der Waals surface area contributed by atoms with Crippen LogP contribution in [0.3, 0.4) is 0 Å². The number of nitrogens with one attached hydrogen (secondary N) is 2. The summed E-state index contributed by atoms with van der Waals surface area (Å²) in [7, 11) is 0. The van der Waals surface area contributed by atoms with E-state index in [0.29, 0.717) is 11.7 Å².